The normalized spacial score (nSPS) is 13.3. The lowest BCUT2D eigenvalue weighted by molar-refractivity contribution is 0.0949. The van der Waals surface area contributed by atoms with E-state index in [4.69, 9.17) is 9.40 Å². The second kappa shape index (κ2) is 9.16. The summed E-state index contributed by atoms with van der Waals surface area (Å²) < 4.78 is 5.13. The Hall–Kier alpha value is -4.13. The summed E-state index contributed by atoms with van der Waals surface area (Å²) >= 11 is 0. The molecule has 4 aromatic rings. The molecular formula is C26H24N4O3. The third-order valence-corrected chi connectivity index (χ3v) is 5.74. The van der Waals surface area contributed by atoms with Crippen molar-refractivity contribution in [3.63, 3.8) is 0 Å². The van der Waals surface area contributed by atoms with Crippen molar-refractivity contribution >= 4 is 34.2 Å². The molecule has 1 fully saturated rings. The minimum absolute atomic E-state index is 0.167. The van der Waals surface area contributed by atoms with Crippen LogP contribution in [0.3, 0.4) is 0 Å². The van der Waals surface area contributed by atoms with Gasteiger partial charge in [0.15, 0.2) is 5.76 Å². The van der Waals surface area contributed by atoms with Gasteiger partial charge < -0.3 is 20.0 Å². The summed E-state index contributed by atoms with van der Waals surface area (Å²) in [6.45, 7) is 2.14. The molecule has 0 atom stereocenters. The maximum absolute atomic E-state index is 13.2. The number of carbonyl (C=O) groups is 2. The van der Waals surface area contributed by atoms with Gasteiger partial charge in [0.05, 0.1) is 17.3 Å². The molecule has 0 saturated carbocycles. The minimum Gasteiger partial charge on any atom is -0.459 e. The fourth-order valence-corrected chi connectivity index (χ4v) is 4.08. The highest BCUT2D eigenvalue weighted by atomic mass is 16.3. The van der Waals surface area contributed by atoms with Gasteiger partial charge in [-0.25, -0.2) is 4.98 Å². The van der Waals surface area contributed by atoms with Crippen molar-refractivity contribution in [2.45, 2.75) is 19.4 Å². The number of carbonyl (C=O) groups excluding carboxylic acids is 2. The molecule has 1 aliphatic rings. The molecule has 166 valence electrons. The predicted octanol–water partition coefficient (Wildman–Crippen LogP) is 4.61. The molecule has 2 amide bonds. The van der Waals surface area contributed by atoms with E-state index in [1.54, 1.807) is 18.2 Å². The Morgan fingerprint density at radius 1 is 0.939 bits per heavy atom. The van der Waals surface area contributed by atoms with Crippen LogP contribution in [0.15, 0.2) is 77.4 Å². The van der Waals surface area contributed by atoms with Crippen molar-refractivity contribution in [3.8, 4) is 0 Å². The zero-order valence-corrected chi connectivity index (χ0v) is 18.1. The van der Waals surface area contributed by atoms with E-state index in [9.17, 15) is 9.59 Å². The monoisotopic (exact) mass is 440 g/mol. The predicted molar refractivity (Wildman–Crippen MR) is 127 cm³/mol. The Bertz CT molecular complexity index is 1290. The Morgan fingerprint density at radius 3 is 2.61 bits per heavy atom. The van der Waals surface area contributed by atoms with Crippen molar-refractivity contribution in [2.24, 2.45) is 0 Å². The Kier molecular flexibility index (Phi) is 5.76. The van der Waals surface area contributed by atoms with E-state index in [1.165, 1.54) is 6.26 Å². The van der Waals surface area contributed by atoms with E-state index in [1.807, 2.05) is 48.5 Å². The molecule has 0 aliphatic carbocycles. The molecule has 3 heterocycles. The smallest absolute Gasteiger partial charge is 0.291 e. The average molecular weight is 441 g/mol. The topological polar surface area (TPSA) is 87.5 Å². The van der Waals surface area contributed by atoms with Gasteiger partial charge in [-0.1, -0.05) is 30.3 Å². The highest BCUT2D eigenvalue weighted by molar-refractivity contribution is 6.03. The Balaban J connectivity index is 1.33. The molecule has 7 nitrogen and oxygen atoms in total. The first-order valence-corrected chi connectivity index (χ1v) is 11.0. The van der Waals surface area contributed by atoms with Gasteiger partial charge in [0, 0.05) is 30.7 Å². The number of anilines is 2. The van der Waals surface area contributed by atoms with E-state index >= 15 is 0 Å². The van der Waals surface area contributed by atoms with Crippen LogP contribution in [0.25, 0.3) is 10.9 Å². The number of nitrogens with one attached hydrogen (secondary N) is 2. The van der Waals surface area contributed by atoms with E-state index in [-0.39, 0.29) is 17.6 Å². The molecule has 5 rings (SSSR count). The molecule has 0 radical (unpaired) electrons. The van der Waals surface area contributed by atoms with Crippen LogP contribution >= 0.6 is 0 Å². The van der Waals surface area contributed by atoms with Gasteiger partial charge >= 0.3 is 0 Å². The Morgan fingerprint density at radius 2 is 1.79 bits per heavy atom. The van der Waals surface area contributed by atoms with Gasteiger partial charge in [0.25, 0.3) is 11.8 Å². The number of nitrogens with zero attached hydrogens (tertiary/aromatic N) is 2. The zero-order chi connectivity index (χ0) is 22.6. The van der Waals surface area contributed by atoms with Crippen LogP contribution in [-0.4, -0.2) is 29.9 Å². The van der Waals surface area contributed by atoms with Gasteiger partial charge in [-0.15, -0.1) is 0 Å². The van der Waals surface area contributed by atoms with Crippen molar-refractivity contribution in [1.82, 2.24) is 10.3 Å². The van der Waals surface area contributed by atoms with E-state index in [2.05, 4.69) is 15.5 Å². The highest BCUT2D eigenvalue weighted by Gasteiger charge is 2.22. The summed E-state index contributed by atoms with van der Waals surface area (Å²) in [7, 11) is 0. The van der Waals surface area contributed by atoms with Crippen LogP contribution in [0.4, 0.5) is 11.5 Å². The molecule has 33 heavy (non-hydrogen) atoms. The van der Waals surface area contributed by atoms with Crippen molar-refractivity contribution in [1.29, 1.82) is 0 Å². The number of amides is 2. The summed E-state index contributed by atoms with van der Waals surface area (Å²) in [5, 5.41) is 6.76. The summed E-state index contributed by atoms with van der Waals surface area (Å²) in [5.74, 6) is 0.494. The van der Waals surface area contributed by atoms with E-state index < -0.39 is 0 Å². The summed E-state index contributed by atoms with van der Waals surface area (Å²) in [5.41, 5.74) is 2.97. The average Bonchev–Trinajstić information content (AvgIpc) is 3.57. The second-order valence-corrected chi connectivity index (χ2v) is 8.06. The van der Waals surface area contributed by atoms with Gasteiger partial charge in [-0.2, -0.15) is 0 Å². The van der Waals surface area contributed by atoms with Gasteiger partial charge in [0.2, 0.25) is 0 Å². The number of para-hydroxylation sites is 1. The lowest BCUT2D eigenvalue weighted by atomic mass is 10.1. The molecule has 2 aromatic heterocycles. The lowest BCUT2D eigenvalue weighted by Gasteiger charge is -2.20. The Labute approximate surface area is 191 Å². The van der Waals surface area contributed by atoms with Crippen LogP contribution in [0.2, 0.25) is 0 Å². The molecule has 2 N–H and O–H groups in total. The van der Waals surface area contributed by atoms with Crippen LogP contribution in [0.1, 0.15) is 39.3 Å². The zero-order valence-electron chi connectivity index (χ0n) is 18.1. The second-order valence-electron chi connectivity index (χ2n) is 8.06. The van der Waals surface area contributed by atoms with Crippen LogP contribution in [-0.2, 0) is 6.54 Å². The quantitative estimate of drug-likeness (QED) is 0.457. The first-order chi connectivity index (χ1) is 16.2. The SMILES string of the molecule is O=C(Nc1cccc(CNC(=O)c2cc3ccccc3nc2N2CCCC2)c1)c1ccco1. The van der Waals surface area contributed by atoms with Gasteiger partial charge in [-0.05, 0) is 54.8 Å². The molecule has 0 bridgehead atoms. The lowest BCUT2D eigenvalue weighted by Crippen LogP contribution is -2.28. The van der Waals surface area contributed by atoms with Gasteiger partial charge in [-0.3, -0.25) is 9.59 Å². The fraction of sp³-hybridized carbons (Fsp3) is 0.192. The fourth-order valence-electron chi connectivity index (χ4n) is 4.08. The van der Waals surface area contributed by atoms with Crippen LogP contribution < -0.4 is 15.5 Å². The largest absolute Gasteiger partial charge is 0.459 e. The summed E-state index contributed by atoms with van der Waals surface area (Å²) in [6, 6.07) is 20.4. The van der Waals surface area contributed by atoms with E-state index in [0.717, 1.165) is 48.2 Å². The van der Waals surface area contributed by atoms with Crippen LogP contribution in [0, 0.1) is 0 Å². The number of hydrogen-bond acceptors (Lipinski definition) is 5. The maximum atomic E-state index is 13.2. The minimum atomic E-state index is -0.321. The third-order valence-electron chi connectivity index (χ3n) is 5.74. The molecule has 1 saturated heterocycles. The number of pyridine rings is 1. The van der Waals surface area contributed by atoms with Crippen molar-refractivity contribution in [2.75, 3.05) is 23.3 Å². The standard InChI is InChI=1S/C26H24N4O3/c31-25(21-16-19-8-1-2-10-22(19)29-24(21)30-12-3-4-13-30)27-17-18-7-5-9-20(15-18)28-26(32)23-11-6-14-33-23/h1-2,5-11,14-16H,3-4,12-13,17H2,(H,27,31)(H,28,32). The number of hydrogen-bond donors (Lipinski definition) is 2. The number of furan rings is 1. The number of aromatic nitrogens is 1. The number of benzene rings is 2. The molecule has 0 spiro atoms. The third kappa shape index (κ3) is 4.57. The molecule has 7 heteroatoms. The maximum Gasteiger partial charge on any atom is 0.291 e. The molecule has 2 aromatic carbocycles. The van der Waals surface area contributed by atoms with Crippen LogP contribution in [0.5, 0.6) is 0 Å². The first-order valence-electron chi connectivity index (χ1n) is 11.0. The molecule has 1 aliphatic heterocycles. The summed E-state index contributed by atoms with van der Waals surface area (Å²) in [6.07, 6.45) is 3.66. The summed E-state index contributed by atoms with van der Waals surface area (Å²) in [4.78, 5) is 32.4. The molecular weight excluding hydrogens is 416 g/mol. The van der Waals surface area contributed by atoms with E-state index in [0.29, 0.717) is 17.8 Å². The van der Waals surface area contributed by atoms with Crippen molar-refractivity contribution < 1.29 is 14.0 Å². The van der Waals surface area contributed by atoms with Gasteiger partial charge in [0.1, 0.15) is 5.82 Å². The first kappa shape index (κ1) is 20.8. The highest BCUT2D eigenvalue weighted by Crippen LogP contribution is 2.26. The number of rotatable bonds is 6. The number of fused-ring (bicyclic) bond motifs is 1. The van der Waals surface area contributed by atoms with Crippen molar-refractivity contribution in [3.05, 3.63) is 89.9 Å². The molecule has 0 unspecified atom stereocenters.